The van der Waals surface area contributed by atoms with Gasteiger partial charge in [-0.3, -0.25) is 4.79 Å². The second kappa shape index (κ2) is 9.94. The molecule has 6 rings (SSSR count). The van der Waals surface area contributed by atoms with Crippen LogP contribution in [-0.2, 0) is 9.59 Å². The quantitative estimate of drug-likeness (QED) is 0.355. The Bertz CT molecular complexity index is 1490. The summed E-state index contributed by atoms with van der Waals surface area (Å²) in [4.78, 5) is 38.4. The lowest BCUT2D eigenvalue weighted by atomic mass is 10.0. The molecule has 2 aliphatic rings. The third-order valence-electron chi connectivity index (χ3n) is 7.37. The average Bonchev–Trinajstić information content (AvgIpc) is 3.51. The van der Waals surface area contributed by atoms with Gasteiger partial charge in [-0.05, 0) is 55.7 Å². The van der Waals surface area contributed by atoms with E-state index in [0.717, 1.165) is 42.9 Å². The molecule has 0 saturated carbocycles. The zero-order valence-electron chi connectivity index (χ0n) is 21.2. The van der Waals surface area contributed by atoms with Crippen LogP contribution in [0.15, 0.2) is 52.9 Å². The molecule has 2 aliphatic heterocycles. The Morgan fingerprint density at radius 1 is 1.11 bits per heavy atom. The lowest BCUT2D eigenvalue weighted by Crippen LogP contribution is -2.43. The second-order valence-corrected chi connectivity index (χ2v) is 10.0. The van der Waals surface area contributed by atoms with Crippen LogP contribution in [0.2, 0.25) is 0 Å². The number of hydrogen-bond donors (Lipinski definition) is 3. The van der Waals surface area contributed by atoms with Crippen LogP contribution in [0.3, 0.4) is 0 Å². The molecule has 2 aromatic carbocycles. The molecule has 0 spiro atoms. The van der Waals surface area contributed by atoms with Crippen LogP contribution < -0.4 is 20.4 Å². The minimum absolute atomic E-state index is 0.135. The second-order valence-electron chi connectivity index (χ2n) is 10.0. The molecule has 10 nitrogen and oxygen atoms in total. The van der Waals surface area contributed by atoms with Gasteiger partial charge >= 0.3 is 5.97 Å². The Balaban J connectivity index is 1.18. The smallest absolute Gasteiger partial charge is 0.326 e. The van der Waals surface area contributed by atoms with Gasteiger partial charge in [0.1, 0.15) is 23.0 Å². The Kier molecular flexibility index (Phi) is 6.32. The van der Waals surface area contributed by atoms with Crippen molar-refractivity contribution in [3.63, 3.8) is 0 Å². The SMILES string of the molecule is Cc1nc(N2C[C@@H](CC(=O)Nc3ccc(N4CCNCC4)cc3)C[C@H]2C(=O)O)c2oc3ccccc3c2n1. The van der Waals surface area contributed by atoms with Crippen LogP contribution in [0.5, 0.6) is 0 Å². The first-order valence-electron chi connectivity index (χ1n) is 13.0. The maximum absolute atomic E-state index is 12.9. The molecule has 2 fully saturated rings. The number of carbonyl (C=O) groups excluding carboxylic acids is 1. The molecule has 0 radical (unpaired) electrons. The van der Waals surface area contributed by atoms with E-state index in [1.165, 1.54) is 0 Å². The van der Waals surface area contributed by atoms with Crippen molar-refractivity contribution >= 4 is 51.1 Å². The van der Waals surface area contributed by atoms with Crippen molar-refractivity contribution in [2.24, 2.45) is 5.92 Å². The van der Waals surface area contributed by atoms with E-state index in [2.05, 4.69) is 25.5 Å². The monoisotopic (exact) mass is 514 g/mol. The van der Waals surface area contributed by atoms with Gasteiger partial charge in [-0.25, -0.2) is 14.8 Å². The number of aryl methyl sites for hydroxylation is 1. The van der Waals surface area contributed by atoms with Gasteiger partial charge in [-0.2, -0.15) is 0 Å². The minimum atomic E-state index is -0.947. The topological polar surface area (TPSA) is 124 Å². The van der Waals surface area contributed by atoms with Crippen LogP contribution in [0.25, 0.3) is 22.1 Å². The Hall–Kier alpha value is -4.18. The van der Waals surface area contributed by atoms with E-state index in [1.807, 2.05) is 48.5 Å². The number of carboxylic acid groups (broad SMARTS) is 1. The number of furan rings is 1. The van der Waals surface area contributed by atoms with E-state index in [1.54, 1.807) is 11.8 Å². The number of fused-ring (bicyclic) bond motifs is 3. The first kappa shape index (κ1) is 24.2. The van der Waals surface area contributed by atoms with Crippen molar-refractivity contribution in [1.82, 2.24) is 15.3 Å². The summed E-state index contributed by atoms with van der Waals surface area (Å²) in [5, 5.41) is 17.2. The predicted molar refractivity (Wildman–Crippen MR) is 146 cm³/mol. The van der Waals surface area contributed by atoms with Crippen molar-refractivity contribution in [3.8, 4) is 0 Å². The highest BCUT2D eigenvalue weighted by molar-refractivity contribution is 6.06. The minimum Gasteiger partial charge on any atom is -0.480 e. The Morgan fingerprint density at radius 3 is 2.63 bits per heavy atom. The molecular weight excluding hydrogens is 484 g/mol. The van der Waals surface area contributed by atoms with E-state index in [0.29, 0.717) is 41.3 Å². The number of piperazine rings is 1. The zero-order valence-corrected chi connectivity index (χ0v) is 21.2. The largest absolute Gasteiger partial charge is 0.480 e. The van der Waals surface area contributed by atoms with E-state index in [-0.39, 0.29) is 18.2 Å². The van der Waals surface area contributed by atoms with Gasteiger partial charge in [0.25, 0.3) is 0 Å². The third-order valence-corrected chi connectivity index (χ3v) is 7.37. The highest BCUT2D eigenvalue weighted by Gasteiger charge is 2.40. The molecular formula is C28H30N6O4. The van der Waals surface area contributed by atoms with Crippen molar-refractivity contribution in [1.29, 1.82) is 0 Å². The summed E-state index contributed by atoms with van der Waals surface area (Å²) in [6.07, 6.45) is 0.558. The average molecular weight is 515 g/mol. The van der Waals surface area contributed by atoms with Crippen LogP contribution >= 0.6 is 0 Å². The summed E-state index contributed by atoms with van der Waals surface area (Å²) < 4.78 is 6.08. The fourth-order valence-electron chi connectivity index (χ4n) is 5.57. The number of carboxylic acids is 1. The van der Waals surface area contributed by atoms with Crippen molar-refractivity contribution < 1.29 is 19.1 Å². The molecule has 4 heterocycles. The number of nitrogens with one attached hydrogen (secondary N) is 2. The number of benzene rings is 2. The molecule has 0 aliphatic carbocycles. The summed E-state index contributed by atoms with van der Waals surface area (Å²) in [6, 6.07) is 14.7. The van der Waals surface area contributed by atoms with Gasteiger partial charge in [0.15, 0.2) is 11.4 Å². The maximum Gasteiger partial charge on any atom is 0.326 e. The standard InChI is InChI=1S/C28H30N6O4/c1-17-30-25-21-4-2-3-5-23(21)38-26(25)27(31-17)34-16-18(14-22(34)28(36)37)15-24(35)32-19-6-8-20(9-7-19)33-12-10-29-11-13-33/h2-9,18,22,29H,10-16H2,1H3,(H,32,35)(H,36,37)/t18-,22+/m1/s1. The fourth-order valence-corrected chi connectivity index (χ4v) is 5.57. The molecule has 4 aromatic rings. The highest BCUT2D eigenvalue weighted by atomic mass is 16.4. The molecule has 38 heavy (non-hydrogen) atoms. The van der Waals surface area contributed by atoms with Gasteiger partial charge in [0.2, 0.25) is 5.91 Å². The normalized spacial score (nSPS) is 19.8. The van der Waals surface area contributed by atoms with Gasteiger partial charge in [-0.15, -0.1) is 0 Å². The Labute approximate surface area is 219 Å². The number of rotatable bonds is 6. The van der Waals surface area contributed by atoms with E-state index >= 15 is 0 Å². The summed E-state index contributed by atoms with van der Waals surface area (Å²) in [6.45, 7) is 6.01. The molecule has 3 N–H and O–H groups in total. The Morgan fingerprint density at radius 2 is 1.87 bits per heavy atom. The number of amides is 1. The molecule has 2 aromatic heterocycles. The molecule has 2 atom stereocenters. The fraction of sp³-hybridized carbons (Fsp3) is 0.357. The molecule has 10 heteroatoms. The maximum atomic E-state index is 12.9. The summed E-state index contributed by atoms with van der Waals surface area (Å²) >= 11 is 0. The lowest BCUT2D eigenvalue weighted by molar-refractivity contribution is -0.138. The number of anilines is 3. The van der Waals surface area contributed by atoms with Crippen molar-refractivity contribution in [2.45, 2.75) is 25.8 Å². The number of aliphatic carboxylic acids is 1. The number of para-hydroxylation sites is 1. The van der Waals surface area contributed by atoms with E-state index in [4.69, 9.17) is 4.42 Å². The molecule has 196 valence electrons. The van der Waals surface area contributed by atoms with Crippen LogP contribution in [0.4, 0.5) is 17.2 Å². The molecule has 1 amide bonds. The summed E-state index contributed by atoms with van der Waals surface area (Å²) in [5.41, 5.74) is 3.68. The highest BCUT2D eigenvalue weighted by Crippen LogP contribution is 2.37. The number of carbonyl (C=O) groups is 2. The summed E-state index contributed by atoms with van der Waals surface area (Å²) in [7, 11) is 0. The number of aromatic nitrogens is 2. The molecule has 2 saturated heterocycles. The van der Waals surface area contributed by atoms with Gasteiger partial charge in [-0.1, -0.05) is 12.1 Å². The van der Waals surface area contributed by atoms with Crippen molar-refractivity contribution in [2.75, 3.05) is 47.8 Å². The zero-order chi connectivity index (χ0) is 26.2. The van der Waals surface area contributed by atoms with Crippen molar-refractivity contribution in [3.05, 3.63) is 54.4 Å². The number of nitrogens with zero attached hydrogens (tertiary/aromatic N) is 4. The first-order chi connectivity index (χ1) is 18.5. The van der Waals surface area contributed by atoms with Gasteiger partial charge < -0.3 is 30.0 Å². The van der Waals surface area contributed by atoms with E-state index < -0.39 is 12.0 Å². The first-order valence-corrected chi connectivity index (χ1v) is 13.0. The lowest BCUT2D eigenvalue weighted by Gasteiger charge is -2.29. The molecule has 0 unspecified atom stereocenters. The number of hydrogen-bond acceptors (Lipinski definition) is 8. The van der Waals surface area contributed by atoms with Gasteiger partial charge in [0, 0.05) is 55.9 Å². The van der Waals surface area contributed by atoms with Crippen LogP contribution in [0.1, 0.15) is 18.7 Å². The van der Waals surface area contributed by atoms with Crippen LogP contribution in [-0.4, -0.2) is 65.7 Å². The third kappa shape index (κ3) is 4.63. The predicted octanol–water partition coefficient (Wildman–Crippen LogP) is 3.40. The van der Waals surface area contributed by atoms with Crippen LogP contribution in [0, 0.1) is 12.8 Å². The van der Waals surface area contributed by atoms with E-state index in [9.17, 15) is 14.7 Å². The summed E-state index contributed by atoms with van der Waals surface area (Å²) in [5.74, 6) is -0.234. The molecule has 0 bridgehead atoms. The van der Waals surface area contributed by atoms with Gasteiger partial charge in [0.05, 0.1) is 0 Å².